The number of carbonyl (C=O) groups is 1. The van der Waals surface area contributed by atoms with Crippen LogP contribution in [0.4, 0.5) is 0 Å². The molecule has 1 heterocycles. The standard InChI is InChI=1S/C17H25N3O/c1-12(2)20-11-19-14-8-13(6-7-15(14)20)10-18-16(21)9-17(3,4)5/h6-8,11-12H,9-10H2,1-5H3,(H,18,21). The van der Waals surface area contributed by atoms with Gasteiger partial charge in [0.1, 0.15) is 0 Å². The van der Waals surface area contributed by atoms with E-state index in [1.54, 1.807) is 0 Å². The molecule has 0 bridgehead atoms. The minimum Gasteiger partial charge on any atom is -0.352 e. The Balaban J connectivity index is 2.05. The number of rotatable bonds is 4. The number of nitrogens with zero attached hydrogens (tertiary/aromatic N) is 2. The Bertz CT molecular complexity index is 635. The van der Waals surface area contributed by atoms with Gasteiger partial charge in [0.25, 0.3) is 0 Å². The van der Waals surface area contributed by atoms with Gasteiger partial charge in [-0.1, -0.05) is 26.8 Å². The Morgan fingerprint density at radius 2 is 2.05 bits per heavy atom. The average molecular weight is 287 g/mol. The third-order valence-corrected chi connectivity index (χ3v) is 3.38. The molecule has 0 atom stereocenters. The minimum absolute atomic E-state index is 0.0179. The lowest BCUT2D eigenvalue weighted by Gasteiger charge is -2.17. The fraction of sp³-hybridized carbons (Fsp3) is 0.529. The van der Waals surface area contributed by atoms with Crippen LogP contribution in [0, 0.1) is 5.41 Å². The van der Waals surface area contributed by atoms with E-state index in [0.29, 0.717) is 19.0 Å². The van der Waals surface area contributed by atoms with E-state index in [1.807, 2.05) is 12.4 Å². The quantitative estimate of drug-likeness (QED) is 0.932. The van der Waals surface area contributed by atoms with Crippen molar-refractivity contribution >= 4 is 16.9 Å². The molecule has 2 aromatic rings. The minimum atomic E-state index is 0.0179. The number of aromatic nitrogens is 2. The molecule has 0 aliphatic carbocycles. The van der Waals surface area contributed by atoms with Gasteiger partial charge >= 0.3 is 0 Å². The fourth-order valence-corrected chi connectivity index (χ4v) is 2.34. The SMILES string of the molecule is CC(C)n1cnc2cc(CNC(=O)CC(C)(C)C)ccc21. The Labute approximate surface area is 126 Å². The first-order valence-corrected chi connectivity index (χ1v) is 7.48. The lowest BCUT2D eigenvalue weighted by molar-refractivity contribution is -0.122. The number of benzene rings is 1. The van der Waals surface area contributed by atoms with Gasteiger partial charge in [0.15, 0.2) is 0 Å². The number of carbonyl (C=O) groups excluding carboxylic acids is 1. The van der Waals surface area contributed by atoms with Crippen LogP contribution in [-0.2, 0) is 11.3 Å². The molecule has 1 aromatic heterocycles. The second-order valence-corrected chi connectivity index (χ2v) is 7.08. The van der Waals surface area contributed by atoms with Crippen molar-refractivity contribution in [1.29, 1.82) is 0 Å². The van der Waals surface area contributed by atoms with Crippen LogP contribution in [0.15, 0.2) is 24.5 Å². The summed E-state index contributed by atoms with van der Waals surface area (Å²) in [5.41, 5.74) is 3.21. The van der Waals surface area contributed by atoms with E-state index in [2.05, 4.69) is 61.6 Å². The van der Waals surface area contributed by atoms with Gasteiger partial charge in [0, 0.05) is 19.0 Å². The van der Waals surface area contributed by atoms with Crippen molar-refractivity contribution in [3.05, 3.63) is 30.1 Å². The van der Waals surface area contributed by atoms with E-state index < -0.39 is 0 Å². The zero-order chi connectivity index (χ0) is 15.6. The predicted molar refractivity (Wildman–Crippen MR) is 86.0 cm³/mol. The molecule has 0 unspecified atom stereocenters. The van der Waals surface area contributed by atoms with Gasteiger partial charge < -0.3 is 9.88 Å². The maximum absolute atomic E-state index is 11.9. The highest BCUT2D eigenvalue weighted by Gasteiger charge is 2.15. The zero-order valence-corrected chi connectivity index (χ0v) is 13.6. The van der Waals surface area contributed by atoms with Gasteiger partial charge in [-0.15, -0.1) is 0 Å². The second-order valence-electron chi connectivity index (χ2n) is 7.08. The van der Waals surface area contributed by atoms with E-state index in [4.69, 9.17) is 0 Å². The van der Waals surface area contributed by atoms with E-state index >= 15 is 0 Å². The van der Waals surface area contributed by atoms with Gasteiger partial charge in [-0.05, 0) is 37.0 Å². The molecule has 1 amide bonds. The highest BCUT2D eigenvalue weighted by atomic mass is 16.1. The molecule has 0 radical (unpaired) electrons. The lowest BCUT2D eigenvalue weighted by Crippen LogP contribution is -2.27. The van der Waals surface area contributed by atoms with E-state index in [-0.39, 0.29) is 11.3 Å². The molecule has 2 rings (SSSR count). The molecule has 21 heavy (non-hydrogen) atoms. The summed E-state index contributed by atoms with van der Waals surface area (Å²) in [6, 6.07) is 6.58. The van der Waals surface area contributed by atoms with Crippen LogP contribution in [-0.4, -0.2) is 15.5 Å². The summed E-state index contributed by atoms with van der Waals surface area (Å²) in [6.07, 6.45) is 2.41. The van der Waals surface area contributed by atoms with Crippen molar-refractivity contribution < 1.29 is 4.79 Å². The normalized spacial score (nSPS) is 12.1. The Hall–Kier alpha value is -1.84. The zero-order valence-electron chi connectivity index (χ0n) is 13.6. The number of amides is 1. The average Bonchev–Trinajstić information content (AvgIpc) is 2.77. The molecule has 0 saturated carbocycles. The fourth-order valence-electron chi connectivity index (χ4n) is 2.34. The lowest BCUT2D eigenvalue weighted by atomic mass is 9.92. The van der Waals surface area contributed by atoms with Crippen molar-refractivity contribution in [2.75, 3.05) is 0 Å². The Kier molecular flexibility index (Phi) is 4.35. The maximum Gasteiger partial charge on any atom is 0.220 e. The van der Waals surface area contributed by atoms with Crippen molar-refractivity contribution in [2.24, 2.45) is 5.41 Å². The molecule has 1 N–H and O–H groups in total. The molecule has 0 aliphatic rings. The largest absolute Gasteiger partial charge is 0.352 e. The van der Waals surface area contributed by atoms with Crippen LogP contribution in [0.1, 0.15) is 52.6 Å². The summed E-state index contributed by atoms with van der Waals surface area (Å²) in [5, 5.41) is 2.98. The summed E-state index contributed by atoms with van der Waals surface area (Å²) in [7, 11) is 0. The van der Waals surface area contributed by atoms with Crippen molar-refractivity contribution in [3.63, 3.8) is 0 Å². The number of imidazole rings is 1. The smallest absolute Gasteiger partial charge is 0.220 e. The molecule has 4 heteroatoms. The van der Waals surface area contributed by atoms with Gasteiger partial charge in [-0.2, -0.15) is 0 Å². The topological polar surface area (TPSA) is 46.9 Å². The molecule has 4 nitrogen and oxygen atoms in total. The molecular formula is C17H25N3O. The molecular weight excluding hydrogens is 262 g/mol. The number of fused-ring (bicyclic) bond motifs is 1. The van der Waals surface area contributed by atoms with Gasteiger partial charge in [-0.3, -0.25) is 4.79 Å². The summed E-state index contributed by atoms with van der Waals surface area (Å²) >= 11 is 0. The third-order valence-electron chi connectivity index (χ3n) is 3.38. The molecule has 0 aliphatic heterocycles. The third kappa shape index (κ3) is 4.06. The summed E-state index contributed by atoms with van der Waals surface area (Å²) < 4.78 is 2.15. The number of nitrogens with one attached hydrogen (secondary N) is 1. The van der Waals surface area contributed by atoms with Gasteiger partial charge in [0.05, 0.1) is 17.4 Å². The molecule has 1 aromatic carbocycles. The predicted octanol–water partition coefficient (Wildman–Crippen LogP) is 3.67. The monoisotopic (exact) mass is 287 g/mol. The van der Waals surface area contributed by atoms with E-state index in [0.717, 1.165) is 16.6 Å². The van der Waals surface area contributed by atoms with Crippen LogP contribution in [0.25, 0.3) is 11.0 Å². The highest BCUT2D eigenvalue weighted by Crippen LogP contribution is 2.20. The van der Waals surface area contributed by atoms with Crippen LogP contribution >= 0.6 is 0 Å². The summed E-state index contributed by atoms with van der Waals surface area (Å²) in [4.78, 5) is 16.3. The molecule has 0 saturated heterocycles. The summed E-state index contributed by atoms with van der Waals surface area (Å²) in [5.74, 6) is 0.0929. The first kappa shape index (κ1) is 15.5. The first-order valence-electron chi connectivity index (χ1n) is 7.48. The second kappa shape index (κ2) is 5.88. The Morgan fingerprint density at radius 3 is 2.67 bits per heavy atom. The number of hydrogen-bond acceptors (Lipinski definition) is 2. The van der Waals surface area contributed by atoms with Crippen LogP contribution in [0.5, 0.6) is 0 Å². The summed E-state index contributed by atoms with van der Waals surface area (Å²) in [6.45, 7) is 11.0. The van der Waals surface area contributed by atoms with Crippen LogP contribution in [0.2, 0.25) is 0 Å². The van der Waals surface area contributed by atoms with Crippen molar-refractivity contribution in [3.8, 4) is 0 Å². The van der Waals surface area contributed by atoms with Crippen LogP contribution in [0.3, 0.4) is 0 Å². The molecule has 0 fully saturated rings. The number of hydrogen-bond donors (Lipinski definition) is 1. The van der Waals surface area contributed by atoms with Crippen LogP contribution < -0.4 is 5.32 Å². The Morgan fingerprint density at radius 1 is 1.33 bits per heavy atom. The van der Waals surface area contributed by atoms with Gasteiger partial charge in [-0.25, -0.2) is 4.98 Å². The van der Waals surface area contributed by atoms with Gasteiger partial charge in [0.2, 0.25) is 5.91 Å². The molecule has 114 valence electrons. The first-order chi connectivity index (χ1) is 9.76. The van der Waals surface area contributed by atoms with E-state index in [9.17, 15) is 4.79 Å². The van der Waals surface area contributed by atoms with Crippen molar-refractivity contribution in [2.45, 2.75) is 53.6 Å². The van der Waals surface area contributed by atoms with Crippen molar-refractivity contribution in [1.82, 2.24) is 14.9 Å². The van der Waals surface area contributed by atoms with E-state index in [1.165, 1.54) is 0 Å². The highest BCUT2D eigenvalue weighted by molar-refractivity contribution is 5.78. The maximum atomic E-state index is 11.9. The molecule has 0 spiro atoms.